The molecule has 0 rings (SSSR count). The third-order valence-corrected chi connectivity index (χ3v) is 2.35. The van der Waals surface area contributed by atoms with E-state index < -0.39 is 13.0 Å². The topological polar surface area (TPSA) is 50.4 Å². The van der Waals surface area contributed by atoms with Crippen molar-refractivity contribution < 1.29 is 18.3 Å². The average Bonchev–Trinajstić information content (AvgIpc) is 2.27. The van der Waals surface area contributed by atoms with Crippen molar-refractivity contribution in [1.82, 2.24) is 10.6 Å². The third kappa shape index (κ3) is 10.4. The number of halogens is 2. The van der Waals surface area contributed by atoms with Gasteiger partial charge in [0.1, 0.15) is 6.61 Å². The van der Waals surface area contributed by atoms with Crippen LogP contribution in [0.3, 0.4) is 0 Å². The fraction of sp³-hybridized carbons (Fsp3) is 0.917. The molecule has 0 saturated carbocycles. The number of amides is 1. The van der Waals surface area contributed by atoms with Crippen molar-refractivity contribution in [3.63, 3.8) is 0 Å². The fourth-order valence-electron chi connectivity index (χ4n) is 1.25. The number of rotatable bonds is 10. The van der Waals surface area contributed by atoms with Crippen LogP contribution in [0, 0.1) is 5.92 Å². The normalized spacial score (nSPS) is 13.1. The Labute approximate surface area is 107 Å². The lowest BCUT2D eigenvalue weighted by atomic mass is 10.1. The molecule has 0 bridgehead atoms. The molecule has 0 aliphatic rings. The van der Waals surface area contributed by atoms with Crippen LogP contribution in [0.15, 0.2) is 0 Å². The van der Waals surface area contributed by atoms with E-state index in [1.165, 1.54) is 0 Å². The van der Waals surface area contributed by atoms with Crippen LogP contribution in [0.1, 0.15) is 27.2 Å². The first-order valence-corrected chi connectivity index (χ1v) is 6.30. The quantitative estimate of drug-likeness (QED) is 0.588. The number of carbonyl (C=O) groups is 1. The largest absolute Gasteiger partial charge is 0.374 e. The second kappa shape index (κ2) is 10.2. The van der Waals surface area contributed by atoms with Crippen LogP contribution in [0.25, 0.3) is 0 Å². The van der Waals surface area contributed by atoms with E-state index in [2.05, 4.69) is 24.5 Å². The zero-order chi connectivity index (χ0) is 14.0. The molecule has 0 aromatic heterocycles. The van der Waals surface area contributed by atoms with Crippen molar-refractivity contribution in [3.8, 4) is 0 Å². The van der Waals surface area contributed by atoms with E-state index in [1.807, 2.05) is 0 Å². The molecule has 6 heteroatoms. The van der Waals surface area contributed by atoms with E-state index in [0.29, 0.717) is 19.0 Å². The monoisotopic (exact) mass is 266 g/mol. The van der Waals surface area contributed by atoms with Gasteiger partial charge in [0.05, 0.1) is 12.6 Å². The molecule has 1 amide bonds. The van der Waals surface area contributed by atoms with Crippen molar-refractivity contribution in [2.45, 2.75) is 39.7 Å². The molecule has 1 unspecified atom stereocenters. The van der Waals surface area contributed by atoms with Crippen LogP contribution in [0.2, 0.25) is 0 Å². The molecule has 0 aliphatic heterocycles. The van der Waals surface area contributed by atoms with Gasteiger partial charge in [-0.3, -0.25) is 4.79 Å². The lowest BCUT2D eigenvalue weighted by molar-refractivity contribution is -0.122. The lowest BCUT2D eigenvalue weighted by Crippen LogP contribution is -2.43. The van der Waals surface area contributed by atoms with Crippen molar-refractivity contribution in [2.24, 2.45) is 5.92 Å². The predicted molar refractivity (Wildman–Crippen MR) is 66.8 cm³/mol. The van der Waals surface area contributed by atoms with Crippen LogP contribution >= 0.6 is 0 Å². The molecule has 108 valence electrons. The predicted octanol–water partition coefficient (Wildman–Crippen LogP) is 1.41. The Morgan fingerprint density at radius 2 is 1.89 bits per heavy atom. The van der Waals surface area contributed by atoms with Gasteiger partial charge in [0.15, 0.2) is 0 Å². The number of nitrogens with one attached hydrogen (secondary N) is 2. The standard InChI is InChI=1S/C12H24F2N2O2/c1-9(2)4-5-16-12(17)10(3)15-6-7-18-8-11(13)14/h9-11,15H,4-8H2,1-3H3,(H,16,17). The van der Waals surface area contributed by atoms with Gasteiger partial charge in [-0.05, 0) is 19.3 Å². The second-order valence-corrected chi connectivity index (χ2v) is 4.62. The minimum absolute atomic E-state index is 0.0792. The van der Waals surface area contributed by atoms with Gasteiger partial charge in [-0.1, -0.05) is 13.8 Å². The summed E-state index contributed by atoms with van der Waals surface area (Å²) in [5, 5.41) is 5.72. The highest BCUT2D eigenvalue weighted by Crippen LogP contribution is 1.96. The van der Waals surface area contributed by atoms with E-state index >= 15 is 0 Å². The Kier molecular flexibility index (Phi) is 9.77. The van der Waals surface area contributed by atoms with Crippen LogP contribution < -0.4 is 10.6 Å². The molecule has 0 fully saturated rings. The molecule has 0 aliphatic carbocycles. The van der Waals surface area contributed by atoms with Gasteiger partial charge in [-0.2, -0.15) is 0 Å². The van der Waals surface area contributed by atoms with E-state index in [0.717, 1.165) is 6.42 Å². The maximum Gasteiger partial charge on any atom is 0.261 e. The molecular weight excluding hydrogens is 242 g/mol. The first kappa shape index (κ1) is 17.2. The van der Waals surface area contributed by atoms with E-state index in [4.69, 9.17) is 4.74 Å². The summed E-state index contributed by atoms with van der Waals surface area (Å²) >= 11 is 0. The minimum Gasteiger partial charge on any atom is -0.374 e. The number of hydrogen-bond donors (Lipinski definition) is 2. The first-order chi connectivity index (χ1) is 8.43. The summed E-state index contributed by atoms with van der Waals surface area (Å²) in [4.78, 5) is 11.6. The molecule has 0 aromatic carbocycles. The van der Waals surface area contributed by atoms with Crippen LogP contribution in [0.4, 0.5) is 8.78 Å². The Morgan fingerprint density at radius 3 is 2.44 bits per heavy atom. The fourth-order valence-corrected chi connectivity index (χ4v) is 1.25. The highest BCUT2D eigenvalue weighted by molar-refractivity contribution is 5.81. The molecular formula is C12H24F2N2O2. The van der Waals surface area contributed by atoms with Crippen LogP contribution in [-0.4, -0.2) is 44.7 Å². The molecule has 0 heterocycles. The van der Waals surface area contributed by atoms with Crippen molar-refractivity contribution in [2.75, 3.05) is 26.3 Å². The van der Waals surface area contributed by atoms with E-state index in [9.17, 15) is 13.6 Å². The average molecular weight is 266 g/mol. The van der Waals surface area contributed by atoms with Crippen LogP contribution in [0.5, 0.6) is 0 Å². The zero-order valence-electron chi connectivity index (χ0n) is 11.3. The summed E-state index contributed by atoms with van der Waals surface area (Å²) < 4.78 is 28.2. The van der Waals surface area contributed by atoms with Gasteiger partial charge >= 0.3 is 0 Å². The van der Waals surface area contributed by atoms with Gasteiger partial charge in [-0.15, -0.1) is 0 Å². The molecule has 0 saturated heterocycles. The summed E-state index contributed by atoms with van der Waals surface area (Å²) in [6.07, 6.45) is -1.50. The summed E-state index contributed by atoms with van der Waals surface area (Å²) in [5.41, 5.74) is 0. The molecule has 0 spiro atoms. The molecule has 2 N–H and O–H groups in total. The summed E-state index contributed by atoms with van der Waals surface area (Å²) in [6.45, 7) is 6.57. The Bertz CT molecular complexity index is 226. The highest BCUT2D eigenvalue weighted by atomic mass is 19.3. The number of carbonyl (C=O) groups excluding carboxylic acids is 1. The van der Waals surface area contributed by atoms with Gasteiger partial charge in [-0.25, -0.2) is 8.78 Å². The summed E-state index contributed by atoms with van der Waals surface area (Å²) in [5.74, 6) is 0.473. The van der Waals surface area contributed by atoms with Gasteiger partial charge in [0, 0.05) is 13.1 Å². The Morgan fingerprint density at radius 1 is 1.22 bits per heavy atom. The van der Waals surface area contributed by atoms with Crippen LogP contribution in [-0.2, 0) is 9.53 Å². The highest BCUT2D eigenvalue weighted by Gasteiger charge is 2.11. The lowest BCUT2D eigenvalue weighted by Gasteiger charge is -2.14. The Hall–Kier alpha value is -0.750. The number of hydrogen-bond acceptors (Lipinski definition) is 3. The third-order valence-electron chi connectivity index (χ3n) is 2.35. The van der Waals surface area contributed by atoms with Gasteiger partial charge < -0.3 is 15.4 Å². The second-order valence-electron chi connectivity index (χ2n) is 4.62. The minimum atomic E-state index is -2.44. The number of alkyl halides is 2. The smallest absolute Gasteiger partial charge is 0.261 e. The van der Waals surface area contributed by atoms with Crippen molar-refractivity contribution in [3.05, 3.63) is 0 Å². The van der Waals surface area contributed by atoms with E-state index in [-0.39, 0.29) is 18.6 Å². The molecule has 18 heavy (non-hydrogen) atoms. The summed E-state index contributed by atoms with van der Waals surface area (Å²) in [7, 11) is 0. The van der Waals surface area contributed by atoms with Crippen molar-refractivity contribution in [1.29, 1.82) is 0 Å². The van der Waals surface area contributed by atoms with Gasteiger partial charge in [0.25, 0.3) is 6.43 Å². The maximum absolute atomic E-state index is 11.7. The summed E-state index contributed by atoms with van der Waals surface area (Å²) in [6, 6.07) is -0.340. The zero-order valence-corrected chi connectivity index (χ0v) is 11.3. The number of ether oxygens (including phenoxy) is 1. The first-order valence-electron chi connectivity index (χ1n) is 6.30. The van der Waals surface area contributed by atoms with Crippen molar-refractivity contribution >= 4 is 5.91 Å². The van der Waals surface area contributed by atoms with E-state index in [1.54, 1.807) is 6.92 Å². The maximum atomic E-state index is 11.7. The SMILES string of the molecule is CC(C)CCNC(=O)C(C)NCCOCC(F)F. The molecule has 0 aromatic rings. The molecule has 1 atom stereocenters. The molecule has 0 radical (unpaired) electrons. The van der Waals surface area contributed by atoms with Gasteiger partial charge in [0.2, 0.25) is 5.91 Å². The Balaban J connectivity index is 3.50. The molecule has 4 nitrogen and oxygen atoms in total.